The molecule has 1 aromatic heterocycles. The van der Waals surface area contributed by atoms with Crippen molar-refractivity contribution in [1.82, 2.24) is 41.0 Å². The number of fused-ring (bicyclic) bond motifs is 1. The second-order valence-electron chi connectivity index (χ2n) is 21.6. The second-order valence-corrected chi connectivity index (χ2v) is 21.6. The van der Waals surface area contributed by atoms with Crippen molar-refractivity contribution < 1.29 is 48.3 Å². The molecule has 404 valence electrons. The molecule has 0 bridgehead atoms. The summed E-state index contributed by atoms with van der Waals surface area (Å²) in [5.74, 6) is -6.05. The first kappa shape index (κ1) is 58.1. The highest BCUT2D eigenvalue weighted by Gasteiger charge is 2.43. The summed E-state index contributed by atoms with van der Waals surface area (Å²) in [7, 11) is 2.85. The van der Waals surface area contributed by atoms with Crippen LogP contribution in [0.4, 0.5) is 5.69 Å². The van der Waals surface area contributed by atoms with E-state index in [1.165, 1.54) is 36.9 Å². The van der Waals surface area contributed by atoms with Gasteiger partial charge < -0.3 is 50.8 Å². The van der Waals surface area contributed by atoms with Crippen LogP contribution in [0.15, 0.2) is 60.8 Å². The van der Waals surface area contributed by atoms with Crippen LogP contribution in [0.1, 0.15) is 106 Å². The summed E-state index contributed by atoms with van der Waals surface area (Å²) in [5.41, 5.74) is 0.618. The number of amides is 7. The first-order chi connectivity index (χ1) is 34.7. The molecule has 0 saturated carbocycles. The average molecular weight is 1030 g/mol. The average Bonchev–Trinajstić information content (AvgIpc) is 4.14. The lowest BCUT2D eigenvalue weighted by molar-refractivity contribution is -0.385. The van der Waals surface area contributed by atoms with E-state index in [0.29, 0.717) is 12.2 Å². The number of likely N-dealkylation sites (N-methyl/N-ethyl adjacent to an activating group) is 2. The van der Waals surface area contributed by atoms with Gasteiger partial charge in [0, 0.05) is 50.1 Å². The van der Waals surface area contributed by atoms with Crippen molar-refractivity contribution >= 4 is 57.9 Å². The largest absolute Gasteiger partial charge is 0.502 e. The fourth-order valence-electron chi connectivity index (χ4n) is 9.50. The monoisotopic (exact) mass is 1030 g/mol. The number of rotatable bonds is 15. The van der Waals surface area contributed by atoms with Crippen LogP contribution in [0, 0.1) is 27.9 Å². The summed E-state index contributed by atoms with van der Waals surface area (Å²) in [5, 5.41) is 37.0. The number of phenolic OH excluding ortho intramolecular Hbond substituents is 1. The van der Waals surface area contributed by atoms with Crippen molar-refractivity contribution in [2.75, 3.05) is 20.7 Å². The highest BCUT2D eigenvalue weighted by Crippen LogP contribution is 2.36. The summed E-state index contributed by atoms with van der Waals surface area (Å²) in [4.78, 5) is 116. The minimum Gasteiger partial charge on any atom is -0.502 e. The zero-order valence-electron chi connectivity index (χ0n) is 44.9. The van der Waals surface area contributed by atoms with Crippen LogP contribution < -0.4 is 26.6 Å². The van der Waals surface area contributed by atoms with Gasteiger partial charge in [-0.2, -0.15) is 0 Å². The molecule has 3 aromatic rings. The Labute approximate surface area is 433 Å². The molecule has 2 aliphatic rings. The lowest BCUT2D eigenvalue weighted by Gasteiger charge is -2.33. The van der Waals surface area contributed by atoms with Crippen molar-refractivity contribution in [3.05, 3.63) is 82.1 Å². The Morgan fingerprint density at radius 1 is 0.730 bits per heavy atom. The molecule has 6 N–H and O–H groups in total. The van der Waals surface area contributed by atoms with Crippen LogP contribution >= 0.6 is 0 Å². The number of aromatic nitrogens is 1. The predicted octanol–water partition coefficient (Wildman–Crippen LogP) is 4.39. The minimum absolute atomic E-state index is 0.0120. The number of nitrogens with one attached hydrogen (secondary N) is 5. The second kappa shape index (κ2) is 24.9. The summed E-state index contributed by atoms with van der Waals surface area (Å²) in [6.45, 7) is 19.0. The maximum Gasteiger partial charge on any atom is 0.310 e. The Morgan fingerprint density at radius 2 is 1.26 bits per heavy atom. The number of phenols is 1. The number of nitro groups is 1. The molecule has 0 spiro atoms. The summed E-state index contributed by atoms with van der Waals surface area (Å²) < 4.78 is 7.85. The number of ether oxygens (including phenoxy) is 1. The molecular formula is C54H77N9O11. The zero-order chi connectivity index (χ0) is 54.9. The third kappa shape index (κ3) is 14.5. The van der Waals surface area contributed by atoms with Gasteiger partial charge in [-0.1, -0.05) is 78.0 Å². The third-order valence-corrected chi connectivity index (χ3v) is 13.8. The van der Waals surface area contributed by atoms with Gasteiger partial charge in [0.05, 0.1) is 17.1 Å². The third-order valence-electron chi connectivity index (χ3n) is 13.8. The highest BCUT2D eigenvalue weighted by molar-refractivity contribution is 5.99. The Balaban J connectivity index is 1.68. The van der Waals surface area contributed by atoms with Gasteiger partial charge >= 0.3 is 5.69 Å². The van der Waals surface area contributed by atoms with Gasteiger partial charge in [0.25, 0.3) is 0 Å². The van der Waals surface area contributed by atoms with Crippen LogP contribution in [0.2, 0.25) is 0 Å². The maximum absolute atomic E-state index is 15.3. The molecule has 0 aliphatic carbocycles. The molecule has 2 aromatic carbocycles. The molecule has 2 aliphatic heterocycles. The van der Waals surface area contributed by atoms with Crippen molar-refractivity contribution in [1.29, 1.82) is 0 Å². The highest BCUT2D eigenvalue weighted by atomic mass is 16.6. The fourth-order valence-corrected chi connectivity index (χ4v) is 9.50. The van der Waals surface area contributed by atoms with Gasteiger partial charge in [0.1, 0.15) is 48.4 Å². The van der Waals surface area contributed by atoms with E-state index in [-0.39, 0.29) is 67.9 Å². The smallest absolute Gasteiger partial charge is 0.310 e. The number of nitro benzene ring substituents is 1. The molecule has 2 saturated heterocycles. The molecule has 0 radical (unpaired) electrons. The standard InChI is InChI=1S/C54H77N9O11/c1-13-14-18-37-47(65)59-40(27-35-28-62(54(9,10)46-29-74-46)41-19-16-15-17-36(35)41)53(71)61(12)44(24-32(6)7)51(69)58-39(25-34-20-21-45(64)42(26-34)63(72)73)48(66)55-33(8)52(70)60(11)43(23-31(4)5)50(68)57-38(22-30(2)3)49(67)56-37/h13-17,19-21,26,28,30-33,37-40,43-44,46,64H,18,22-25,27,29H2,1-12H3,(H,55,66)(H,56,67)(H,57,68)(H,58,69)(H,59,65)/b14-13+/t33-,37-,38-,39-,40-,43-,44-,46?/m0/s1. The Hall–Kier alpha value is -6.83. The fraction of sp³-hybridized carbons (Fsp3) is 0.574. The van der Waals surface area contributed by atoms with Gasteiger partial charge in [0.15, 0.2) is 5.75 Å². The molecule has 1 unspecified atom stereocenters. The van der Waals surface area contributed by atoms with Crippen molar-refractivity contribution in [2.24, 2.45) is 17.8 Å². The van der Waals surface area contributed by atoms with Crippen LogP contribution in [0.25, 0.3) is 10.9 Å². The molecule has 20 heteroatoms. The van der Waals surface area contributed by atoms with Crippen LogP contribution in [-0.4, -0.2) is 135 Å². The van der Waals surface area contributed by atoms with Crippen LogP contribution in [0.5, 0.6) is 5.75 Å². The molecule has 7 amide bonds. The first-order valence-corrected chi connectivity index (χ1v) is 25.6. The van der Waals surface area contributed by atoms with Gasteiger partial charge in [0.2, 0.25) is 41.4 Å². The van der Waals surface area contributed by atoms with Crippen molar-refractivity contribution in [2.45, 2.75) is 162 Å². The molecular weight excluding hydrogens is 951 g/mol. The minimum atomic E-state index is -1.50. The molecule has 5 rings (SSSR count). The number of nitrogens with zero attached hydrogens (tertiary/aromatic N) is 4. The number of hydrogen-bond acceptors (Lipinski definition) is 11. The number of carbonyl (C=O) groups is 7. The van der Waals surface area contributed by atoms with Gasteiger partial charge in [-0.05, 0) is 94.4 Å². The van der Waals surface area contributed by atoms with E-state index in [1.807, 2.05) is 72.0 Å². The maximum atomic E-state index is 15.3. The predicted molar refractivity (Wildman–Crippen MR) is 279 cm³/mol. The molecule has 8 atom stereocenters. The summed E-state index contributed by atoms with van der Waals surface area (Å²) >= 11 is 0. The van der Waals surface area contributed by atoms with Gasteiger partial charge in [-0.3, -0.25) is 43.7 Å². The van der Waals surface area contributed by atoms with E-state index in [4.69, 9.17) is 4.74 Å². The number of para-hydroxylation sites is 1. The number of carbonyl (C=O) groups excluding carboxylic acids is 7. The van der Waals surface area contributed by atoms with E-state index < -0.39 is 106 Å². The number of allylic oxidation sites excluding steroid dienone is 1. The molecule has 2 fully saturated rings. The number of benzene rings is 2. The van der Waals surface area contributed by atoms with Gasteiger partial charge in [-0.25, -0.2) is 0 Å². The van der Waals surface area contributed by atoms with E-state index in [0.717, 1.165) is 23.0 Å². The van der Waals surface area contributed by atoms with Crippen LogP contribution in [0.3, 0.4) is 0 Å². The van der Waals surface area contributed by atoms with E-state index in [2.05, 4.69) is 45.0 Å². The summed E-state index contributed by atoms with van der Waals surface area (Å²) in [6, 6.07) is 2.28. The zero-order valence-corrected chi connectivity index (χ0v) is 44.9. The van der Waals surface area contributed by atoms with E-state index in [1.54, 1.807) is 19.1 Å². The van der Waals surface area contributed by atoms with Crippen molar-refractivity contribution in [3.63, 3.8) is 0 Å². The van der Waals surface area contributed by atoms with E-state index in [9.17, 15) is 44.0 Å². The normalized spacial score (nSPS) is 24.5. The SMILES string of the molecule is C/C=C/C[C@@H]1NC(=O)[C@H](CC(C)C)NC(=O)[C@H](CC(C)C)N(C)C(=O)[C@H](C)NC(=O)[C@H](Cc2ccc(O)c([N+](=O)[O-])c2)NC(=O)[C@H](CC(C)C)N(C)C(=O)[C@H](Cc2cn(C(C)(C)C3CO3)c3ccccc23)NC1=O. The Kier molecular flexibility index (Phi) is 19.6. The summed E-state index contributed by atoms with van der Waals surface area (Å²) in [6.07, 6.45) is 5.31. The van der Waals surface area contributed by atoms with Crippen molar-refractivity contribution in [3.8, 4) is 5.75 Å². The molecule has 74 heavy (non-hydrogen) atoms. The first-order valence-electron chi connectivity index (χ1n) is 25.6. The van der Waals surface area contributed by atoms with Crippen LogP contribution in [-0.2, 0) is 56.7 Å². The topological polar surface area (TPSA) is 267 Å². The molecule has 20 nitrogen and oxygen atoms in total. The van der Waals surface area contributed by atoms with E-state index >= 15 is 4.79 Å². The number of aromatic hydroxyl groups is 1. The Morgan fingerprint density at radius 3 is 1.82 bits per heavy atom. The quantitative estimate of drug-likeness (QED) is 0.0538. The number of epoxide rings is 1. The van der Waals surface area contributed by atoms with Gasteiger partial charge in [-0.15, -0.1) is 0 Å². The Bertz CT molecular complexity index is 2590. The number of hydrogen-bond donors (Lipinski definition) is 6. The lowest BCUT2D eigenvalue weighted by Crippen LogP contribution is -2.60. The molecule has 3 heterocycles. The lowest BCUT2D eigenvalue weighted by atomic mass is 9.98.